The Morgan fingerprint density at radius 2 is 1.71 bits per heavy atom. The molecule has 0 atom stereocenters. The van der Waals surface area contributed by atoms with Gasteiger partial charge in [-0.25, -0.2) is 22.8 Å². The summed E-state index contributed by atoms with van der Waals surface area (Å²) < 4.78 is 39.2. The highest BCUT2D eigenvalue weighted by Crippen LogP contribution is 2.36. The van der Waals surface area contributed by atoms with Crippen LogP contribution in [0.5, 0.6) is 0 Å². The fourth-order valence-corrected chi connectivity index (χ4v) is 4.20. The molecule has 2 N–H and O–H groups in total. The normalized spacial score (nSPS) is 11.6. The zero-order chi connectivity index (χ0) is 22.3. The highest BCUT2D eigenvalue weighted by atomic mass is 35.5. The van der Waals surface area contributed by atoms with Gasteiger partial charge in [0.1, 0.15) is 5.82 Å². The van der Waals surface area contributed by atoms with Crippen LogP contribution in [0.2, 0.25) is 5.02 Å². The van der Waals surface area contributed by atoms with E-state index in [2.05, 4.69) is 19.7 Å². The number of aromatic nitrogens is 3. The molecule has 0 fully saturated rings. The van der Waals surface area contributed by atoms with Crippen LogP contribution in [0, 0.1) is 12.7 Å². The number of anilines is 1. The Bertz CT molecular complexity index is 1460. The first-order valence-corrected chi connectivity index (χ1v) is 11.3. The van der Waals surface area contributed by atoms with Crippen molar-refractivity contribution in [3.8, 4) is 22.5 Å². The third-order valence-corrected chi connectivity index (χ3v) is 5.42. The van der Waals surface area contributed by atoms with Gasteiger partial charge in [0, 0.05) is 23.4 Å². The van der Waals surface area contributed by atoms with Gasteiger partial charge in [-0.2, -0.15) is 0 Å². The first kappa shape index (κ1) is 21.0. The summed E-state index contributed by atoms with van der Waals surface area (Å²) in [5, 5.41) is 0.161. The Kier molecular flexibility index (Phi) is 5.24. The lowest BCUT2D eigenvalue weighted by Gasteiger charge is -2.14. The molecular formula is C21H16ClFN4O3S. The number of hydrogen-bond acceptors (Lipinski definition) is 5. The molecule has 0 saturated heterocycles. The van der Waals surface area contributed by atoms with Crippen molar-refractivity contribution in [1.82, 2.24) is 15.0 Å². The first-order chi connectivity index (χ1) is 14.6. The Labute approximate surface area is 182 Å². The molecule has 31 heavy (non-hydrogen) atoms. The lowest BCUT2D eigenvalue weighted by Crippen LogP contribution is -2.11. The van der Waals surface area contributed by atoms with Crippen LogP contribution in [-0.2, 0) is 10.0 Å². The summed E-state index contributed by atoms with van der Waals surface area (Å²) >= 11 is 6.37. The minimum atomic E-state index is -3.53. The number of rotatable bonds is 4. The lowest BCUT2D eigenvalue weighted by atomic mass is 10.0. The van der Waals surface area contributed by atoms with E-state index in [1.54, 1.807) is 31.2 Å². The summed E-state index contributed by atoms with van der Waals surface area (Å²) in [6, 6.07) is 10.3. The van der Waals surface area contributed by atoms with Crippen LogP contribution in [0.15, 0.2) is 53.5 Å². The Morgan fingerprint density at radius 3 is 2.35 bits per heavy atom. The maximum atomic E-state index is 13.5. The largest absolute Gasteiger partial charge is 0.345 e. The minimum absolute atomic E-state index is 0.135. The van der Waals surface area contributed by atoms with Gasteiger partial charge in [-0.15, -0.1) is 0 Å². The van der Waals surface area contributed by atoms with E-state index in [9.17, 15) is 17.6 Å². The smallest absolute Gasteiger partial charge is 0.229 e. The summed E-state index contributed by atoms with van der Waals surface area (Å²) in [5.74, 6) is -0.400. The van der Waals surface area contributed by atoms with Gasteiger partial charge < -0.3 is 4.98 Å². The molecule has 0 bridgehead atoms. The van der Waals surface area contributed by atoms with Crippen molar-refractivity contribution in [1.29, 1.82) is 0 Å². The number of fused-ring (bicyclic) bond motifs is 1. The zero-order valence-corrected chi connectivity index (χ0v) is 18.0. The SMILES string of the molecule is Cc1cc(-c2nc3c(=O)cc[nH]c3nc2-c2ccc(F)cc2)cc(Cl)c1NS(C)(=O)=O. The molecule has 2 heterocycles. The average molecular weight is 459 g/mol. The van der Waals surface area contributed by atoms with Gasteiger partial charge in [0.15, 0.2) is 11.2 Å². The number of aromatic amines is 1. The van der Waals surface area contributed by atoms with E-state index in [-0.39, 0.29) is 27.3 Å². The van der Waals surface area contributed by atoms with Crippen molar-refractivity contribution in [2.75, 3.05) is 11.0 Å². The summed E-state index contributed by atoms with van der Waals surface area (Å²) in [6.07, 6.45) is 2.50. The van der Waals surface area contributed by atoms with E-state index < -0.39 is 15.8 Å². The van der Waals surface area contributed by atoms with E-state index in [4.69, 9.17) is 11.6 Å². The fourth-order valence-electron chi connectivity index (χ4n) is 3.19. The monoisotopic (exact) mass is 458 g/mol. The Hall–Kier alpha value is -3.30. The highest BCUT2D eigenvalue weighted by molar-refractivity contribution is 7.92. The highest BCUT2D eigenvalue weighted by Gasteiger charge is 2.18. The van der Waals surface area contributed by atoms with Crippen molar-refractivity contribution in [3.63, 3.8) is 0 Å². The van der Waals surface area contributed by atoms with Crippen LogP contribution in [-0.4, -0.2) is 29.6 Å². The van der Waals surface area contributed by atoms with Gasteiger partial charge in [0.2, 0.25) is 15.5 Å². The molecule has 7 nitrogen and oxygen atoms in total. The third-order valence-electron chi connectivity index (χ3n) is 4.55. The molecule has 0 spiro atoms. The number of hydrogen-bond donors (Lipinski definition) is 2. The van der Waals surface area contributed by atoms with E-state index in [0.717, 1.165) is 6.26 Å². The minimum Gasteiger partial charge on any atom is -0.345 e. The number of benzene rings is 2. The van der Waals surface area contributed by atoms with Crippen LogP contribution in [0.3, 0.4) is 0 Å². The van der Waals surface area contributed by atoms with Crippen molar-refractivity contribution >= 4 is 38.5 Å². The topological polar surface area (TPSA) is 105 Å². The van der Waals surface area contributed by atoms with Crippen molar-refractivity contribution in [2.45, 2.75) is 6.92 Å². The van der Waals surface area contributed by atoms with Crippen LogP contribution in [0.25, 0.3) is 33.7 Å². The number of aryl methyl sites for hydroxylation is 1. The molecule has 0 saturated carbocycles. The predicted molar refractivity (Wildman–Crippen MR) is 119 cm³/mol. The maximum Gasteiger partial charge on any atom is 0.229 e. The van der Waals surface area contributed by atoms with E-state index >= 15 is 0 Å². The van der Waals surface area contributed by atoms with E-state index in [1.165, 1.54) is 24.4 Å². The lowest BCUT2D eigenvalue weighted by molar-refractivity contribution is 0.606. The van der Waals surface area contributed by atoms with Crippen LogP contribution >= 0.6 is 11.6 Å². The maximum absolute atomic E-state index is 13.5. The van der Waals surface area contributed by atoms with E-state index in [0.29, 0.717) is 28.1 Å². The molecule has 4 aromatic rings. The van der Waals surface area contributed by atoms with Crippen LogP contribution < -0.4 is 10.2 Å². The second-order valence-electron chi connectivity index (χ2n) is 6.99. The molecule has 2 aromatic carbocycles. The predicted octanol–water partition coefficient (Wildman–Crippen LogP) is 4.12. The van der Waals surface area contributed by atoms with Crippen molar-refractivity contribution < 1.29 is 12.8 Å². The molecule has 0 aliphatic carbocycles. The van der Waals surface area contributed by atoms with Crippen molar-refractivity contribution in [2.24, 2.45) is 0 Å². The summed E-state index contributed by atoms with van der Waals surface area (Å²) in [4.78, 5) is 24.3. The van der Waals surface area contributed by atoms with Crippen LogP contribution in [0.1, 0.15) is 5.56 Å². The molecule has 158 valence electrons. The Morgan fingerprint density at radius 1 is 1.03 bits per heavy atom. The molecule has 4 rings (SSSR count). The Balaban J connectivity index is 2.00. The van der Waals surface area contributed by atoms with Gasteiger partial charge >= 0.3 is 0 Å². The number of pyridine rings is 1. The van der Waals surface area contributed by atoms with E-state index in [1.807, 2.05) is 0 Å². The summed E-state index contributed by atoms with van der Waals surface area (Å²) in [5.41, 5.74) is 2.79. The number of H-pyrrole nitrogens is 1. The number of sulfonamides is 1. The summed E-state index contributed by atoms with van der Waals surface area (Å²) in [7, 11) is -3.53. The second kappa shape index (κ2) is 7.75. The molecule has 2 aromatic heterocycles. The standard InChI is InChI=1S/C21H16ClFN4O3S/c1-11-9-13(10-15(22)17(11)27-31(2,29)30)19-18(12-3-5-14(23)6-4-12)26-21-20(25-19)16(28)7-8-24-21/h3-10,27H,1-2H3,(H,24,26,28). The summed E-state index contributed by atoms with van der Waals surface area (Å²) in [6.45, 7) is 1.70. The first-order valence-electron chi connectivity index (χ1n) is 9.06. The van der Waals surface area contributed by atoms with Gasteiger partial charge in [-0.1, -0.05) is 11.6 Å². The molecule has 0 amide bonds. The number of halogens is 2. The molecule has 0 radical (unpaired) electrons. The average Bonchev–Trinajstić information content (AvgIpc) is 2.70. The number of nitrogens with one attached hydrogen (secondary N) is 2. The molecule has 10 heteroatoms. The van der Waals surface area contributed by atoms with Gasteiger partial charge in [-0.05, 0) is 48.9 Å². The molecule has 0 aliphatic heterocycles. The number of nitrogens with zero attached hydrogens (tertiary/aromatic N) is 2. The van der Waals surface area contributed by atoms with Crippen LogP contribution in [0.4, 0.5) is 10.1 Å². The molecule has 0 aliphatic rings. The van der Waals surface area contributed by atoms with Crippen molar-refractivity contribution in [3.05, 3.63) is 75.3 Å². The van der Waals surface area contributed by atoms with Gasteiger partial charge in [-0.3, -0.25) is 9.52 Å². The quantitative estimate of drug-likeness (QED) is 0.478. The third kappa shape index (κ3) is 4.28. The zero-order valence-electron chi connectivity index (χ0n) is 16.4. The molecular weight excluding hydrogens is 443 g/mol. The van der Waals surface area contributed by atoms with Gasteiger partial charge in [0.05, 0.1) is 28.4 Å². The fraction of sp³-hybridized carbons (Fsp3) is 0.0952. The molecule has 0 unspecified atom stereocenters. The van der Waals surface area contributed by atoms with Gasteiger partial charge in [0.25, 0.3) is 0 Å². The second-order valence-corrected chi connectivity index (χ2v) is 9.15.